The van der Waals surface area contributed by atoms with E-state index in [0.717, 1.165) is 25.7 Å². The molecule has 0 atom stereocenters. The Kier molecular flexibility index (Phi) is 3.89. The summed E-state index contributed by atoms with van der Waals surface area (Å²) in [5, 5.41) is 22.3. The van der Waals surface area contributed by atoms with Gasteiger partial charge in [0.25, 0.3) is 5.91 Å². The van der Waals surface area contributed by atoms with Crippen molar-refractivity contribution in [3.8, 4) is 0 Å². The molecular weight excluding hydrogens is 310 g/mol. The van der Waals surface area contributed by atoms with E-state index in [2.05, 4.69) is 35.7 Å². The molecule has 1 aliphatic carbocycles. The number of carbonyl (C=O) groups is 1. The predicted molar refractivity (Wildman–Crippen MR) is 82.9 cm³/mol. The minimum Gasteiger partial charge on any atom is -0.352 e. The van der Waals surface area contributed by atoms with Crippen LogP contribution in [0.1, 0.15) is 42.1 Å². The highest BCUT2D eigenvalue weighted by Crippen LogP contribution is 2.30. The highest BCUT2D eigenvalue weighted by molar-refractivity contribution is 5.97. The van der Waals surface area contributed by atoms with Gasteiger partial charge >= 0.3 is 0 Å². The van der Waals surface area contributed by atoms with E-state index in [1.807, 2.05) is 0 Å². The molecule has 9 heteroatoms. The van der Waals surface area contributed by atoms with E-state index in [4.69, 9.17) is 0 Å². The van der Waals surface area contributed by atoms with Crippen molar-refractivity contribution >= 4 is 16.9 Å². The molecule has 1 fully saturated rings. The molecule has 0 aliphatic heterocycles. The molecule has 0 bridgehead atoms. The van der Waals surface area contributed by atoms with Crippen LogP contribution in [0.15, 0.2) is 29.2 Å². The summed E-state index contributed by atoms with van der Waals surface area (Å²) in [5.41, 5.74) is 1.80. The fourth-order valence-electron chi connectivity index (χ4n) is 3.18. The van der Waals surface area contributed by atoms with Gasteiger partial charge in [-0.3, -0.25) is 4.79 Å². The van der Waals surface area contributed by atoms with Gasteiger partial charge < -0.3 is 5.32 Å². The Bertz CT molecular complexity index is 821. The lowest BCUT2D eigenvalue weighted by Gasteiger charge is -2.27. The standard InChI is InChI=1S/C15H17N7O2/c23-15(11-3-6-13-14(7-11)20-24-19-13)16-8-10-1-4-12(5-2-10)22-18-9-17-21-22/h3,6-7,9-10,12H,1-2,4-5,8H2,(H,16,23). The molecular formula is C15H17N7O2. The number of tetrazole rings is 1. The number of rotatable bonds is 4. The van der Waals surface area contributed by atoms with Crippen LogP contribution in [-0.2, 0) is 0 Å². The summed E-state index contributed by atoms with van der Waals surface area (Å²) in [6.45, 7) is 0.672. The van der Waals surface area contributed by atoms with Gasteiger partial charge in [-0.25, -0.2) is 4.63 Å². The second-order valence-corrected chi connectivity index (χ2v) is 6.11. The van der Waals surface area contributed by atoms with Crippen LogP contribution in [0.4, 0.5) is 0 Å². The van der Waals surface area contributed by atoms with Gasteiger partial charge in [0.2, 0.25) is 0 Å². The Morgan fingerprint density at radius 2 is 2.04 bits per heavy atom. The third-order valence-electron chi connectivity index (χ3n) is 4.57. The van der Waals surface area contributed by atoms with Gasteiger partial charge in [-0.15, -0.1) is 10.2 Å². The van der Waals surface area contributed by atoms with Crippen molar-refractivity contribution in [3.05, 3.63) is 30.1 Å². The highest BCUT2D eigenvalue weighted by atomic mass is 16.6. The number of benzene rings is 1. The molecule has 24 heavy (non-hydrogen) atoms. The summed E-state index contributed by atoms with van der Waals surface area (Å²) < 4.78 is 4.65. The Labute approximate surface area is 137 Å². The monoisotopic (exact) mass is 327 g/mol. The zero-order valence-electron chi connectivity index (χ0n) is 13.0. The van der Waals surface area contributed by atoms with Crippen LogP contribution in [0.5, 0.6) is 0 Å². The van der Waals surface area contributed by atoms with Crippen molar-refractivity contribution in [1.82, 2.24) is 35.8 Å². The third-order valence-corrected chi connectivity index (χ3v) is 4.57. The molecule has 1 aromatic carbocycles. The van der Waals surface area contributed by atoms with Gasteiger partial charge in [-0.2, -0.15) is 4.80 Å². The number of fused-ring (bicyclic) bond motifs is 1. The third kappa shape index (κ3) is 2.97. The van der Waals surface area contributed by atoms with E-state index in [1.165, 1.54) is 6.33 Å². The normalized spacial score (nSPS) is 21.0. The fourth-order valence-corrected chi connectivity index (χ4v) is 3.18. The van der Waals surface area contributed by atoms with Gasteiger partial charge in [0.1, 0.15) is 11.0 Å². The zero-order valence-corrected chi connectivity index (χ0v) is 13.0. The quantitative estimate of drug-likeness (QED) is 0.770. The molecule has 0 radical (unpaired) electrons. The molecule has 2 aromatic heterocycles. The lowest BCUT2D eigenvalue weighted by atomic mass is 9.86. The Morgan fingerprint density at radius 1 is 1.21 bits per heavy atom. The van der Waals surface area contributed by atoms with Crippen LogP contribution in [0.2, 0.25) is 0 Å². The first-order chi connectivity index (χ1) is 11.8. The van der Waals surface area contributed by atoms with Gasteiger partial charge in [0, 0.05) is 12.1 Å². The van der Waals surface area contributed by atoms with E-state index in [1.54, 1.807) is 23.0 Å². The van der Waals surface area contributed by atoms with Gasteiger partial charge in [0.15, 0.2) is 6.33 Å². The molecule has 1 N–H and O–H groups in total. The molecule has 1 aliphatic rings. The molecule has 0 saturated heterocycles. The SMILES string of the molecule is O=C(NCC1CCC(n2ncnn2)CC1)c1ccc2nonc2c1. The number of nitrogens with zero attached hydrogens (tertiary/aromatic N) is 6. The van der Waals surface area contributed by atoms with Gasteiger partial charge in [0.05, 0.1) is 6.04 Å². The Hall–Kier alpha value is -2.84. The summed E-state index contributed by atoms with van der Waals surface area (Å²) in [6.07, 6.45) is 5.56. The second kappa shape index (κ2) is 6.34. The largest absolute Gasteiger partial charge is 0.352 e. The predicted octanol–water partition coefficient (Wildman–Crippen LogP) is 1.37. The maximum atomic E-state index is 12.3. The lowest BCUT2D eigenvalue weighted by Crippen LogP contribution is -2.32. The topological polar surface area (TPSA) is 112 Å². The van der Waals surface area contributed by atoms with E-state index in [-0.39, 0.29) is 5.91 Å². The van der Waals surface area contributed by atoms with Crippen LogP contribution >= 0.6 is 0 Å². The van der Waals surface area contributed by atoms with Crippen LogP contribution < -0.4 is 5.32 Å². The first kappa shape index (κ1) is 14.7. The second-order valence-electron chi connectivity index (χ2n) is 6.11. The molecule has 1 amide bonds. The van der Waals surface area contributed by atoms with Crippen LogP contribution in [0.3, 0.4) is 0 Å². The van der Waals surface area contributed by atoms with Crippen LogP contribution in [0.25, 0.3) is 11.0 Å². The van der Waals surface area contributed by atoms with E-state index in [9.17, 15) is 4.79 Å². The smallest absolute Gasteiger partial charge is 0.251 e. The van der Waals surface area contributed by atoms with Crippen LogP contribution in [-0.4, -0.2) is 43.0 Å². The maximum absolute atomic E-state index is 12.3. The van der Waals surface area contributed by atoms with Crippen molar-refractivity contribution in [1.29, 1.82) is 0 Å². The minimum absolute atomic E-state index is 0.0973. The first-order valence-corrected chi connectivity index (χ1v) is 8.02. The summed E-state index contributed by atoms with van der Waals surface area (Å²) in [4.78, 5) is 14.0. The molecule has 124 valence electrons. The maximum Gasteiger partial charge on any atom is 0.251 e. The Balaban J connectivity index is 1.30. The summed E-state index contributed by atoms with van der Waals surface area (Å²) in [6, 6.07) is 5.47. The molecule has 2 heterocycles. The number of aromatic nitrogens is 6. The summed E-state index contributed by atoms with van der Waals surface area (Å²) in [5.74, 6) is 0.381. The average molecular weight is 327 g/mol. The van der Waals surface area contributed by atoms with E-state index in [0.29, 0.717) is 35.1 Å². The van der Waals surface area contributed by atoms with Gasteiger partial charge in [-0.1, -0.05) is 0 Å². The first-order valence-electron chi connectivity index (χ1n) is 8.02. The molecule has 0 spiro atoms. The number of hydrogen-bond donors (Lipinski definition) is 1. The van der Waals surface area contributed by atoms with Crippen molar-refractivity contribution in [2.75, 3.05) is 6.54 Å². The van der Waals surface area contributed by atoms with Crippen molar-refractivity contribution in [2.45, 2.75) is 31.7 Å². The molecule has 3 aromatic rings. The highest BCUT2D eigenvalue weighted by Gasteiger charge is 2.24. The van der Waals surface area contributed by atoms with Crippen molar-refractivity contribution in [2.24, 2.45) is 5.92 Å². The fraction of sp³-hybridized carbons (Fsp3) is 0.467. The molecule has 9 nitrogen and oxygen atoms in total. The van der Waals surface area contributed by atoms with E-state index < -0.39 is 0 Å². The van der Waals surface area contributed by atoms with E-state index >= 15 is 0 Å². The van der Waals surface area contributed by atoms with Gasteiger partial charge in [-0.05, 0) is 65.3 Å². The number of hydrogen-bond acceptors (Lipinski definition) is 7. The molecule has 4 rings (SSSR count). The number of carbonyl (C=O) groups excluding carboxylic acids is 1. The van der Waals surface area contributed by atoms with Crippen molar-refractivity contribution < 1.29 is 9.42 Å². The summed E-state index contributed by atoms with van der Waals surface area (Å²) >= 11 is 0. The number of nitrogens with one attached hydrogen (secondary N) is 1. The minimum atomic E-state index is -0.0973. The average Bonchev–Trinajstić information content (AvgIpc) is 3.30. The molecule has 0 unspecified atom stereocenters. The van der Waals surface area contributed by atoms with Crippen molar-refractivity contribution in [3.63, 3.8) is 0 Å². The zero-order chi connectivity index (χ0) is 16.4. The molecule has 1 saturated carbocycles. The summed E-state index contributed by atoms with van der Waals surface area (Å²) in [7, 11) is 0. The lowest BCUT2D eigenvalue weighted by molar-refractivity contribution is 0.0941. The Morgan fingerprint density at radius 3 is 2.83 bits per heavy atom. The number of amides is 1. The van der Waals surface area contributed by atoms with Crippen LogP contribution in [0, 0.1) is 5.92 Å².